The van der Waals surface area contributed by atoms with E-state index in [1.54, 1.807) is 30.3 Å². The van der Waals surface area contributed by atoms with Gasteiger partial charge in [0, 0.05) is 13.6 Å². The number of hydrogen-bond acceptors (Lipinski definition) is 4. The van der Waals surface area contributed by atoms with Gasteiger partial charge in [-0.05, 0) is 42.2 Å². The quantitative estimate of drug-likeness (QED) is 0.425. The smallest absolute Gasteiger partial charge is 0.264 e. The van der Waals surface area contributed by atoms with Crippen LogP contribution in [0.25, 0.3) is 0 Å². The van der Waals surface area contributed by atoms with Crippen LogP contribution in [-0.2, 0) is 32.6 Å². The first-order valence-electron chi connectivity index (χ1n) is 12.0. The minimum absolute atomic E-state index is 0.0941. The van der Waals surface area contributed by atoms with Crippen molar-refractivity contribution in [3.63, 3.8) is 0 Å². The first kappa shape index (κ1) is 26.9. The zero-order valence-corrected chi connectivity index (χ0v) is 21.7. The van der Waals surface area contributed by atoms with Gasteiger partial charge in [-0.25, -0.2) is 8.42 Å². The number of aryl methyl sites for hydroxylation is 1. The molecule has 0 saturated heterocycles. The summed E-state index contributed by atoms with van der Waals surface area (Å²) in [5, 5.41) is 2.63. The predicted octanol–water partition coefficient (Wildman–Crippen LogP) is 4.00. The highest BCUT2D eigenvalue weighted by atomic mass is 32.2. The van der Waals surface area contributed by atoms with Crippen molar-refractivity contribution in [1.82, 2.24) is 10.2 Å². The molecule has 0 spiro atoms. The zero-order valence-electron chi connectivity index (χ0n) is 20.9. The van der Waals surface area contributed by atoms with Gasteiger partial charge in [0.15, 0.2) is 0 Å². The van der Waals surface area contributed by atoms with Crippen molar-refractivity contribution in [3.8, 4) is 0 Å². The normalized spacial score (nSPS) is 12.0. The maximum Gasteiger partial charge on any atom is 0.264 e. The summed E-state index contributed by atoms with van der Waals surface area (Å²) in [6, 6.07) is 23.9. The van der Waals surface area contributed by atoms with Crippen LogP contribution in [0.1, 0.15) is 31.4 Å². The van der Waals surface area contributed by atoms with Gasteiger partial charge in [-0.3, -0.25) is 13.9 Å². The monoisotopic (exact) mass is 507 g/mol. The van der Waals surface area contributed by atoms with Crippen LogP contribution in [0.15, 0.2) is 89.8 Å². The molecule has 3 aromatic rings. The SMILES string of the molecule is CCc1ccccc1N(CC(=O)N(Cc1ccccc1)[C@H](CC)C(=O)NC)S(=O)(=O)c1ccccc1. The summed E-state index contributed by atoms with van der Waals surface area (Å²) in [4.78, 5) is 28.1. The maximum absolute atomic E-state index is 13.9. The van der Waals surface area contributed by atoms with E-state index in [9.17, 15) is 18.0 Å². The summed E-state index contributed by atoms with van der Waals surface area (Å²) >= 11 is 0. The number of carbonyl (C=O) groups excluding carboxylic acids is 2. The van der Waals surface area contributed by atoms with Gasteiger partial charge in [-0.15, -0.1) is 0 Å². The van der Waals surface area contributed by atoms with Crippen molar-refractivity contribution in [1.29, 1.82) is 0 Å². The van der Waals surface area contributed by atoms with E-state index in [-0.39, 0.29) is 17.3 Å². The lowest BCUT2D eigenvalue weighted by Gasteiger charge is -2.33. The standard InChI is InChI=1S/C28H33N3O4S/c1-4-23-16-12-13-19-26(23)31(36(34,35)24-17-10-7-11-18-24)21-27(32)30(25(5-2)28(33)29-3)20-22-14-8-6-9-15-22/h6-19,25H,4-5,20-21H2,1-3H3,(H,29,33)/t25-/m1/s1. The number of nitrogens with one attached hydrogen (secondary N) is 1. The first-order valence-corrected chi connectivity index (χ1v) is 13.5. The predicted molar refractivity (Wildman–Crippen MR) is 142 cm³/mol. The molecule has 0 unspecified atom stereocenters. The van der Waals surface area contributed by atoms with E-state index in [0.29, 0.717) is 18.5 Å². The van der Waals surface area contributed by atoms with Gasteiger partial charge < -0.3 is 10.2 Å². The number of hydrogen-bond donors (Lipinski definition) is 1. The minimum Gasteiger partial charge on any atom is -0.357 e. The molecule has 8 heteroatoms. The number of para-hydroxylation sites is 1. The Balaban J connectivity index is 2.08. The third-order valence-corrected chi connectivity index (χ3v) is 7.85. The Bertz CT molecular complexity index is 1260. The Hall–Kier alpha value is -3.65. The summed E-state index contributed by atoms with van der Waals surface area (Å²) in [6.45, 7) is 3.51. The van der Waals surface area contributed by atoms with Gasteiger partial charge >= 0.3 is 0 Å². The van der Waals surface area contributed by atoms with Gasteiger partial charge in [0.1, 0.15) is 12.6 Å². The van der Waals surface area contributed by atoms with Crippen molar-refractivity contribution in [2.45, 2.75) is 44.2 Å². The molecule has 1 N–H and O–H groups in total. The van der Waals surface area contributed by atoms with Crippen molar-refractivity contribution >= 4 is 27.5 Å². The number of anilines is 1. The number of benzene rings is 3. The van der Waals surface area contributed by atoms with Gasteiger partial charge in [-0.1, -0.05) is 80.6 Å². The number of carbonyl (C=O) groups is 2. The number of sulfonamides is 1. The van der Waals surface area contributed by atoms with E-state index < -0.39 is 28.5 Å². The van der Waals surface area contributed by atoms with E-state index in [4.69, 9.17) is 0 Å². The lowest BCUT2D eigenvalue weighted by atomic mass is 10.1. The van der Waals surface area contributed by atoms with Gasteiger partial charge in [0.05, 0.1) is 10.6 Å². The van der Waals surface area contributed by atoms with Crippen LogP contribution in [0.2, 0.25) is 0 Å². The summed E-state index contributed by atoms with van der Waals surface area (Å²) in [6.07, 6.45) is 0.976. The highest BCUT2D eigenvalue weighted by molar-refractivity contribution is 7.92. The molecule has 3 rings (SSSR count). The third-order valence-electron chi connectivity index (χ3n) is 6.08. The van der Waals surface area contributed by atoms with Crippen molar-refractivity contribution in [2.24, 2.45) is 0 Å². The Kier molecular flexibility index (Phi) is 9.25. The largest absolute Gasteiger partial charge is 0.357 e. The molecule has 0 bridgehead atoms. The van der Waals surface area contributed by atoms with Crippen LogP contribution >= 0.6 is 0 Å². The molecule has 190 valence electrons. The lowest BCUT2D eigenvalue weighted by molar-refractivity contribution is -0.140. The van der Waals surface area contributed by atoms with Crippen LogP contribution in [-0.4, -0.2) is 44.8 Å². The van der Waals surface area contributed by atoms with Gasteiger partial charge in [-0.2, -0.15) is 0 Å². The molecule has 1 atom stereocenters. The van der Waals surface area contributed by atoms with E-state index in [1.807, 2.05) is 56.3 Å². The number of nitrogens with zero attached hydrogens (tertiary/aromatic N) is 2. The molecule has 0 aliphatic heterocycles. The Morgan fingerprint density at radius 2 is 1.44 bits per heavy atom. The molecule has 0 fully saturated rings. The average molecular weight is 508 g/mol. The molecular weight excluding hydrogens is 474 g/mol. The van der Waals surface area contributed by atoms with Crippen molar-refractivity contribution < 1.29 is 18.0 Å². The fourth-order valence-electron chi connectivity index (χ4n) is 4.15. The molecule has 36 heavy (non-hydrogen) atoms. The van der Waals surface area contributed by atoms with Gasteiger partial charge in [0.25, 0.3) is 10.0 Å². The number of likely N-dealkylation sites (N-methyl/N-ethyl adjacent to an activating group) is 1. The highest BCUT2D eigenvalue weighted by Crippen LogP contribution is 2.28. The molecule has 2 amide bonds. The highest BCUT2D eigenvalue weighted by Gasteiger charge is 2.33. The van der Waals surface area contributed by atoms with Crippen LogP contribution in [0.4, 0.5) is 5.69 Å². The molecule has 0 heterocycles. The topological polar surface area (TPSA) is 86.8 Å². The maximum atomic E-state index is 13.9. The van der Waals surface area contributed by atoms with E-state index in [2.05, 4.69) is 5.32 Å². The Labute approximate surface area is 213 Å². The second-order valence-electron chi connectivity index (χ2n) is 8.35. The summed E-state index contributed by atoms with van der Waals surface area (Å²) in [7, 11) is -2.53. The molecular formula is C28H33N3O4S. The summed E-state index contributed by atoms with van der Waals surface area (Å²) in [5.41, 5.74) is 2.10. The second kappa shape index (κ2) is 12.4. The molecule has 3 aromatic carbocycles. The van der Waals surface area contributed by atoms with E-state index in [1.165, 1.54) is 24.1 Å². The molecule has 0 radical (unpaired) electrons. The van der Waals surface area contributed by atoms with Crippen LogP contribution in [0, 0.1) is 0 Å². The molecule has 0 aliphatic carbocycles. The van der Waals surface area contributed by atoms with E-state index >= 15 is 0 Å². The number of rotatable bonds is 11. The summed E-state index contributed by atoms with van der Waals surface area (Å²) < 4.78 is 28.8. The zero-order chi connectivity index (χ0) is 26.1. The molecule has 0 saturated carbocycles. The second-order valence-corrected chi connectivity index (χ2v) is 10.2. The molecule has 0 aromatic heterocycles. The Morgan fingerprint density at radius 3 is 2.03 bits per heavy atom. The fraction of sp³-hybridized carbons (Fsp3) is 0.286. The lowest BCUT2D eigenvalue weighted by Crippen LogP contribution is -2.51. The van der Waals surface area contributed by atoms with Crippen molar-refractivity contribution in [2.75, 3.05) is 17.9 Å². The van der Waals surface area contributed by atoms with Crippen LogP contribution in [0.3, 0.4) is 0 Å². The fourth-order valence-corrected chi connectivity index (χ4v) is 5.63. The van der Waals surface area contributed by atoms with Crippen molar-refractivity contribution in [3.05, 3.63) is 96.1 Å². The first-order chi connectivity index (χ1) is 17.3. The average Bonchev–Trinajstić information content (AvgIpc) is 2.92. The third kappa shape index (κ3) is 6.12. The van der Waals surface area contributed by atoms with Crippen LogP contribution < -0.4 is 9.62 Å². The van der Waals surface area contributed by atoms with E-state index in [0.717, 1.165) is 15.4 Å². The van der Waals surface area contributed by atoms with Crippen LogP contribution in [0.5, 0.6) is 0 Å². The minimum atomic E-state index is -4.06. The molecule has 7 nitrogen and oxygen atoms in total. The summed E-state index contributed by atoms with van der Waals surface area (Å²) in [5.74, 6) is -0.757. The van der Waals surface area contributed by atoms with Gasteiger partial charge in [0.2, 0.25) is 11.8 Å². The number of amides is 2. The Morgan fingerprint density at radius 1 is 0.861 bits per heavy atom. The molecule has 0 aliphatic rings.